The fourth-order valence-corrected chi connectivity index (χ4v) is 1.53. The highest BCUT2D eigenvalue weighted by molar-refractivity contribution is 5.75. The van der Waals surface area contributed by atoms with Gasteiger partial charge in [-0.3, -0.25) is 4.79 Å². The Morgan fingerprint density at radius 2 is 2.15 bits per heavy atom. The Labute approximate surface area is 80.3 Å². The van der Waals surface area contributed by atoms with Gasteiger partial charge in [0.2, 0.25) is 5.91 Å². The lowest BCUT2D eigenvalue weighted by molar-refractivity contribution is -0.120. The second kappa shape index (κ2) is 4.09. The van der Waals surface area contributed by atoms with Gasteiger partial charge < -0.3 is 10.6 Å². The van der Waals surface area contributed by atoms with E-state index in [0.717, 1.165) is 19.0 Å². The molecule has 76 valence electrons. The molecule has 0 radical (unpaired) electrons. The first-order valence-electron chi connectivity index (χ1n) is 4.97. The van der Waals surface area contributed by atoms with E-state index in [1.54, 1.807) is 7.05 Å². The molecule has 0 spiro atoms. The summed E-state index contributed by atoms with van der Waals surface area (Å²) in [5.74, 6) is 0.930. The Kier molecular flexibility index (Phi) is 3.31. The Balaban J connectivity index is 1.94. The van der Waals surface area contributed by atoms with Gasteiger partial charge in [0.15, 0.2) is 0 Å². The van der Waals surface area contributed by atoms with Gasteiger partial charge in [0.25, 0.3) is 0 Å². The summed E-state index contributed by atoms with van der Waals surface area (Å²) in [5, 5.41) is 5.91. The van der Waals surface area contributed by atoms with Crippen LogP contribution in [0, 0.1) is 11.3 Å². The molecule has 0 saturated heterocycles. The number of carbonyl (C=O) groups is 1. The zero-order chi connectivity index (χ0) is 9.90. The molecular formula is C10H20N2O. The molecular weight excluding hydrogens is 164 g/mol. The summed E-state index contributed by atoms with van der Waals surface area (Å²) in [7, 11) is 1.67. The molecule has 1 atom stereocenters. The lowest BCUT2D eigenvalue weighted by Gasteiger charge is -2.05. The van der Waals surface area contributed by atoms with E-state index < -0.39 is 0 Å². The number of amides is 1. The van der Waals surface area contributed by atoms with Crippen LogP contribution in [-0.4, -0.2) is 26.0 Å². The molecule has 1 saturated carbocycles. The molecule has 1 aliphatic carbocycles. The predicted octanol–water partition coefficient (Wildman–Crippen LogP) is 0.758. The third-order valence-corrected chi connectivity index (χ3v) is 2.92. The highest BCUT2D eigenvalue weighted by atomic mass is 16.1. The SMILES string of the molecule is CNC(=O)CCNCC1CC1(C)C. The van der Waals surface area contributed by atoms with Crippen molar-refractivity contribution in [2.24, 2.45) is 11.3 Å². The first-order valence-corrected chi connectivity index (χ1v) is 4.97. The maximum Gasteiger partial charge on any atom is 0.221 e. The van der Waals surface area contributed by atoms with Crippen LogP contribution in [0.1, 0.15) is 26.7 Å². The van der Waals surface area contributed by atoms with Gasteiger partial charge in [0.1, 0.15) is 0 Å². The fraction of sp³-hybridized carbons (Fsp3) is 0.900. The number of hydrogen-bond acceptors (Lipinski definition) is 2. The van der Waals surface area contributed by atoms with E-state index in [-0.39, 0.29) is 5.91 Å². The Bertz CT molecular complexity index is 189. The molecule has 1 rings (SSSR count). The molecule has 0 bridgehead atoms. The molecule has 2 N–H and O–H groups in total. The van der Waals surface area contributed by atoms with Crippen LogP contribution in [0.2, 0.25) is 0 Å². The lowest BCUT2D eigenvalue weighted by atomic mass is 10.1. The Morgan fingerprint density at radius 1 is 1.54 bits per heavy atom. The highest BCUT2D eigenvalue weighted by Gasteiger charge is 2.44. The topological polar surface area (TPSA) is 41.1 Å². The van der Waals surface area contributed by atoms with Crippen molar-refractivity contribution in [3.8, 4) is 0 Å². The number of carbonyl (C=O) groups excluding carboxylic acids is 1. The summed E-state index contributed by atoms with van der Waals surface area (Å²) in [6, 6.07) is 0. The number of hydrogen-bond donors (Lipinski definition) is 2. The van der Waals surface area contributed by atoms with Gasteiger partial charge in [-0.1, -0.05) is 13.8 Å². The van der Waals surface area contributed by atoms with Crippen molar-refractivity contribution in [1.82, 2.24) is 10.6 Å². The normalized spacial score (nSPS) is 24.1. The molecule has 0 aromatic rings. The molecule has 0 aliphatic heterocycles. The van der Waals surface area contributed by atoms with Gasteiger partial charge in [-0.2, -0.15) is 0 Å². The minimum atomic E-state index is 0.113. The lowest BCUT2D eigenvalue weighted by Crippen LogP contribution is -2.26. The number of rotatable bonds is 5. The van der Waals surface area contributed by atoms with E-state index in [2.05, 4.69) is 24.5 Å². The van der Waals surface area contributed by atoms with Crippen LogP contribution >= 0.6 is 0 Å². The van der Waals surface area contributed by atoms with E-state index in [0.29, 0.717) is 11.8 Å². The van der Waals surface area contributed by atoms with Crippen molar-refractivity contribution < 1.29 is 4.79 Å². The molecule has 3 heteroatoms. The molecule has 1 amide bonds. The summed E-state index contributed by atoms with van der Waals surface area (Å²) in [6.07, 6.45) is 1.91. The minimum Gasteiger partial charge on any atom is -0.359 e. The summed E-state index contributed by atoms with van der Waals surface area (Å²) in [4.78, 5) is 10.8. The van der Waals surface area contributed by atoms with Crippen molar-refractivity contribution in [2.75, 3.05) is 20.1 Å². The van der Waals surface area contributed by atoms with Crippen LogP contribution in [0.25, 0.3) is 0 Å². The van der Waals surface area contributed by atoms with E-state index >= 15 is 0 Å². The fourth-order valence-electron chi connectivity index (χ4n) is 1.53. The van der Waals surface area contributed by atoms with Crippen LogP contribution in [0.15, 0.2) is 0 Å². The van der Waals surface area contributed by atoms with Gasteiger partial charge in [0.05, 0.1) is 0 Å². The van der Waals surface area contributed by atoms with Gasteiger partial charge in [-0.05, 0) is 24.3 Å². The number of nitrogens with one attached hydrogen (secondary N) is 2. The monoisotopic (exact) mass is 184 g/mol. The molecule has 1 unspecified atom stereocenters. The molecule has 0 heterocycles. The predicted molar refractivity (Wildman–Crippen MR) is 53.4 cm³/mol. The first-order chi connectivity index (χ1) is 6.06. The smallest absolute Gasteiger partial charge is 0.221 e. The van der Waals surface area contributed by atoms with E-state index in [9.17, 15) is 4.79 Å². The first kappa shape index (κ1) is 10.5. The standard InChI is InChI=1S/C10H20N2O/c1-10(2)6-8(10)7-12-5-4-9(13)11-3/h8,12H,4-7H2,1-3H3,(H,11,13). The summed E-state index contributed by atoms with van der Waals surface area (Å²) in [5.41, 5.74) is 0.542. The average molecular weight is 184 g/mol. The third-order valence-electron chi connectivity index (χ3n) is 2.92. The molecule has 1 aliphatic rings. The van der Waals surface area contributed by atoms with Crippen molar-refractivity contribution in [3.05, 3.63) is 0 Å². The van der Waals surface area contributed by atoms with Gasteiger partial charge in [-0.25, -0.2) is 0 Å². The van der Waals surface area contributed by atoms with E-state index in [1.165, 1.54) is 6.42 Å². The zero-order valence-corrected chi connectivity index (χ0v) is 8.81. The average Bonchev–Trinajstić information content (AvgIpc) is 2.67. The van der Waals surface area contributed by atoms with E-state index in [1.807, 2.05) is 0 Å². The van der Waals surface area contributed by atoms with Gasteiger partial charge in [-0.15, -0.1) is 0 Å². The molecule has 0 aromatic heterocycles. The maximum absolute atomic E-state index is 10.8. The Hall–Kier alpha value is -0.570. The van der Waals surface area contributed by atoms with Crippen molar-refractivity contribution in [1.29, 1.82) is 0 Å². The van der Waals surface area contributed by atoms with Gasteiger partial charge in [0, 0.05) is 20.0 Å². The van der Waals surface area contributed by atoms with Crippen LogP contribution in [0.5, 0.6) is 0 Å². The molecule has 3 nitrogen and oxygen atoms in total. The molecule has 0 aromatic carbocycles. The quantitative estimate of drug-likeness (QED) is 0.619. The second-order valence-electron chi connectivity index (χ2n) is 4.52. The second-order valence-corrected chi connectivity index (χ2v) is 4.52. The molecule has 1 fully saturated rings. The van der Waals surface area contributed by atoms with Crippen LogP contribution in [0.3, 0.4) is 0 Å². The van der Waals surface area contributed by atoms with Crippen LogP contribution in [0.4, 0.5) is 0 Å². The van der Waals surface area contributed by atoms with Crippen LogP contribution < -0.4 is 10.6 Å². The summed E-state index contributed by atoms with van der Waals surface area (Å²) < 4.78 is 0. The van der Waals surface area contributed by atoms with Crippen molar-refractivity contribution in [2.45, 2.75) is 26.7 Å². The highest BCUT2D eigenvalue weighted by Crippen LogP contribution is 2.50. The van der Waals surface area contributed by atoms with Crippen molar-refractivity contribution in [3.63, 3.8) is 0 Å². The van der Waals surface area contributed by atoms with E-state index in [4.69, 9.17) is 0 Å². The molecule has 13 heavy (non-hydrogen) atoms. The van der Waals surface area contributed by atoms with Crippen molar-refractivity contribution >= 4 is 5.91 Å². The third kappa shape index (κ3) is 3.35. The Morgan fingerprint density at radius 3 is 2.62 bits per heavy atom. The summed E-state index contributed by atoms with van der Waals surface area (Å²) in [6.45, 7) is 6.44. The summed E-state index contributed by atoms with van der Waals surface area (Å²) >= 11 is 0. The minimum absolute atomic E-state index is 0.113. The van der Waals surface area contributed by atoms with Crippen LogP contribution in [-0.2, 0) is 4.79 Å². The van der Waals surface area contributed by atoms with Gasteiger partial charge >= 0.3 is 0 Å². The maximum atomic E-state index is 10.8. The zero-order valence-electron chi connectivity index (χ0n) is 8.81. The largest absolute Gasteiger partial charge is 0.359 e.